The van der Waals surface area contributed by atoms with E-state index in [9.17, 15) is 0 Å². The fourth-order valence-corrected chi connectivity index (χ4v) is 3.22. The van der Waals surface area contributed by atoms with Crippen LogP contribution in [0.2, 0.25) is 0 Å². The molecule has 0 bridgehead atoms. The highest BCUT2D eigenvalue weighted by atomic mass is 15.3. The first-order chi connectivity index (χ1) is 15.5. The molecule has 0 radical (unpaired) electrons. The average molecular weight is 486 g/mol. The maximum Gasteiger partial charge on any atom is 0.0485 e. The van der Waals surface area contributed by atoms with Crippen LogP contribution in [-0.4, -0.2) is 117 Å². The molecule has 34 heavy (non-hydrogen) atoms. The summed E-state index contributed by atoms with van der Waals surface area (Å²) in [5.74, 6) is 0. The van der Waals surface area contributed by atoms with Crippen LogP contribution < -0.4 is 16.0 Å². The molecule has 0 amide bonds. The zero-order valence-electron chi connectivity index (χ0n) is 25.3. The molecule has 0 saturated carbocycles. The lowest BCUT2D eigenvalue weighted by atomic mass is 10.1. The zero-order chi connectivity index (χ0) is 26.4. The van der Waals surface area contributed by atoms with Gasteiger partial charge in [0, 0.05) is 62.8 Å². The first-order valence-corrected chi connectivity index (χ1v) is 13.5. The van der Waals surface area contributed by atoms with E-state index in [1.54, 1.807) is 0 Å². The topological polar surface area (TPSA) is 49.1 Å². The Labute approximate surface area is 214 Å². The van der Waals surface area contributed by atoms with Crippen molar-refractivity contribution in [3.05, 3.63) is 0 Å². The summed E-state index contributed by atoms with van der Waals surface area (Å²) in [6.45, 7) is 30.2. The predicted octanol–water partition coefficient (Wildman–Crippen LogP) is 3.29. The van der Waals surface area contributed by atoms with E-state index in [0.29, 0.717) is 0 Å². The number of rotatable bonds is 6. The number of nitrogens with one attached hydrogen (secondary N) is 3. The number of piperidine rings is 1. The third-order valence-corrected chi connectivity index (χ3v) is 5.64. The number of likely N-dealkylation sites (N-methyl/N-ethyl adjacent to an activating group) is 1. The first-order valence-electron chi connectivity index (χ1n) is 13.5. The summed E-state index contributed by atoms with van der Waals surface area (Å²) in [6, 6.07) is 0. The van der Waals surface area contributed by atoms with Crippen molar-refractivity contribution >= 4 is 0 Å². The van der Waals surface area contributed by atoms with Gasteiger partial charge < -0.3 is 4.90 Å². The number of likely N-dealkylation sites (tertiary alicyclic amines) is 1. The van der Waals surface area contributed by atoms with E-state index < -0.39 is 0 Å². The van der Waals surface area contributed by atoms with E-state index in [4.69, 9.17) is 0 Å². The predicted molar refractivity (Wildman–Crippen MR) is 151 cm³/mol. The van der Waals surface area contributed by atoms with Gasteiger partial charge in [-0.15, -0.1) is 0 Å². The molecule has 0 aliphatic carbocycles. The Bertz CT molecular complexity index is 475. The molecule has 2 heterocycles. The van der Waals surface area contributed by atoms with Gasteiger partial charge in [0.2, 0.25) is 0 Å². The maximum atomic E-state index is 3.52. The van der Waals surface area contributed by atoms with Crippen molar-refractivity contribution in [1.82, 2.24) is 35.6 Å². The third kappa shape index (κ3) is 23.5. The van der Waals surface area contributed by atoms with Crippen molar-refractivity contribution < 1.29 is 0 Å². The van der Waals surface area contributed by atoms with Gasteiger partial charge in [-0.3, -0.25) is 30.7 Å². The summed E-state index contributed by atoms with van der Waals surface area (Å²) in [5.41, 5.74) is 0.741. The second kappa shape index (κ2) is 16.5. The van der Waals surface area contributed by atoms with Gasteiger partial charge in [-0.05, 0) is 109 Å². The second-order valence-corrected chi connectivity index (χ2v) is 13.4. The molecule has 0 atom stereocenters. The van der Waals surface area contributed by atoms with E-state index in [0.717, 1.165) is 20.0 Å². The van der Waals surface area contributed by atoms with Gasteiger partial charge in [0.25, 0.3) is 0 Å². The Kier molecular flexibility index (Phi) is 16.3. The van der Waals surface area contributed by atoms with Crippen molar-refractivity contribution in [2.45, 2.75) is 98.2 Å². The van der Waals surface area contributed by atoms with Crippen LogP contribution in [0.1, 0.15) is 81.6 Å². The van der Waals surface area contributed by atoms with E-state index in [-0.39, 0.29) is 16.6 Å². The molecule has 7 heteroatoms. The van der Waals surface area contributed by atoms with Gasteiger partial charge in [-0.25, -0.2) is 0 Å². The molecule has 0 aromatic rings. The van der Waals surface area contributed by atoms with E-state index >= 15 is 0 Å². The van der Waals surface area contributed by atoms with Crippen molar-refractivity contribution in [2.24, 2.45) is 0 Å². The van der Waals surface area contributed by atoms with Crippen LogP contribution >= 0.6 is 0 Å². The highest BCUT2D eigenvalue weighted by Crippen LogP contribution is 2.08. The number of nitrogens with zero attached hydrogens (tertiary/aromatic N) is 4. The molecular formula is C27H63N7. The lowest BCUT2D eigenvalue weighted by Crippen LogP contribution is -2.51. The van der Waals surface area contributed by atoms with Gasteiger partial charge in [0.05, 0.1) is 0 Å². The van der Waals surface area contributed by atoms with Crippen molar-refractivity contribution in [1.29, 1.82) is 0 Å². The van der Waals surface area contributed by atoms with Crippen LogP contribution in [0, 0.1) is 0 Å². The molecule has 7 nitrogen and oxygen atoms in total. The minimum atomic E-state index is 0.239. The number of piperazine rings is 1. The normalized spacial score (nSPS) is 19.3. The Morgan fingerprint density at radius 1 is 0.559 bits per heavy atom. The molecular weight excluding hydrogens is 422 g/mol. The smallest absolute Gasteiger partial charge is 0.0485 e. The zero-order valence-corrected chi connectivity index (χ0v) is 25.3. The Balaban J connectivity index is 0.000000490. The summed E-state index contributed by atoms with van der Waals surface area (Å²) in [4.78, 5) is 9.48. The lowest BCUT2D eigenvalue weighted by Gasteiger charge is -2.34. The number of hydrogen-bond donors (Lipinski definition) is 3. The molecule has 2 saturated heterocycles. The van der Waals surface area contributed by atoms with Crippen molar-refractivity contribution in [3.63, 3.8) is 0 Å². The van der Waals surface area contributed by atoms with Crippen molar-refractivity contribution in [3.8, 4) is 0 Å². The summed E-state index contributed by atoms with van der Waals surface area (Å²) in [7, 11) is 6.30. The molecule has 0 aromatic heterocycles. The van der Waals surface area contributed by atoms with Gasteiger partial charge >= 0.3 is 0 Å². The highest BCUT2D eigenvalue weighted by molar-refractivity contribution is 4.74. The fourth-order valence-electron chi connectivity index (χ4n) is 3.22. The van der Waals surface area contributed by atoms with Crippen LogP contribution in [0.5, 0.6) is 0 Å². The molecule has 3 N–H and O–H groups in total. The quantitative estimate of drug-likeness (QED) is 0.499. The Morgan fingerprint density at radius 3 is 1.26 bits per heavy atom. The average Bonchev–Trinajstić information content (AvgIpc) is 2.71. The van der Waals surface area contributed by atoms with E-state index in [1.807, 2.05) is 0 Å². The highest BCUT2D eigenvalue weighted by Gasteiger charge is 2.16. The van der Waals surface area contributed by atoms with Crippen LogP contribution in [0.25, 0.3) is 0 Å². The van der Waals surface area contributed by atoms with Gasteiger partial charge in [0.1, 0.15) is 0 Å². The van der Waals surface area contributed by atoms with E-state index in [2.05, 4.69) is 119 Å². The first kappa shape index (κ1) is 33.7. The molecule has 2 aliphatic rings. The van der Waals surface area contributed by atoms with Crippen molar-refractivity contribution in [2.75, 3.05) is 80.4 Å². The third-order valence-electron chi connectivity index (χ3n) is 5.64. The number of hydrogen-bond acceptors (Lipinski definition) is 7. The molecule has 2 rings (SSSR count). The Morgan fingerprint density at radius 2 is 0.941 bits per heavy atom. The summed E-state index contributed by atoms with van der Waals surface area (Å²) in [5, 5.41) is 10.4. The SMILES string of the molecule is CC(C)(C)NCN1CCCCC1.CN(C)CNC(C)(C)C.CN1CCN(CNC(C)(C)C)CC1. The van der Waals surface area contributed by atoms with Gasteiger partial charge in [-0.1, -0.05) is 6.42 Å². The lowest BCUT2D eigenvalue weighted by molar-refractivity contribution is 0.134. The summed E-state index contributed by atoms with van der Waals surface area (Å²) < 4.78 is 0. The van der Waals surface area contributed by atoms with E-state index in [1.165, 1.54) is 58.5 Å². The molecule has 0 spiro atoms. The van der Waals surface area contributed by atoms with Crippen LogP contribution in [0.15, 0.2) is 0 Å². The minimum Gasteiger partial charge on any atom is -0.304 e. The van der Waals surface area contributed by atoms with Crippen LogP contribution in [0.4, 0.5) is 0 Å². The second-order valence-electron chi connectivity index (χ2n) is 13.4. The molecule has 2 fully saturated rings. The fraction of sp³-hybridized carbons (Fsp3) is 1.00. The molecule has 2 aliphatic heterocycles. The maximum absolute atomic E-state index is 3.52. The molecule has 0 unspecified atom stereocenters. The largest absolute Gasteiger partial charge is 0.304 e. The van der Waals surface area contributed by atoms with Gasteiger partial charge in [-0.2, -0.15) is 0 Å². The standard InChI is InChI=1S/C10H23N3.C10H22N2.C7H18N2/c1-10(2,3)11-9-13-7-5-12(4)6-8-13;1-10(2,3)11-9-12-7-5-4-6-8-12;1-7(2,3)8-6-9(4)5/h11H,5-9H2,1-4H3;11H,4-9H2,1-3H3;8H,6H2,1-5H3. The minimum absolute atomic E-state index is 0.239. The van der Waals surface area contributed by atoms with Crippen LogP contribution in [0.3, 0.4) is 0 Å². The summed E-state index contributed by atoms with van der Waals surface area (Å²) >= 11 is 0. The Hall–Kier alpha value is -0.280. The monoisotopic (exact) mass is 486 g/mol. The molecule has 206 valence electrons. The molecule has 0 aromatic carbocycles. The summed E-state index contributed by atoms with van der Waals surface area (Å²) in [6.07, 6.45) is 4.18. The van der Waals surface area contributed by atoms with Crippen LogP contribution in [-0.2, 0) is 0 Å². The van der Waals surface area contributed by atoms with Gasteiger partial charge in [0.15, 0.2) is 0 Å².